The molecule has 0 radical (unpaired) electrons. The molecule has 1 heterocycles. The van der Waals surface area contributed by atoms with E-state index in [0.29, 0.717) is 6.04 Å². The van der Waals surface area contributed by atoms with Crippen molar-refractivity contribution in [1.29, 1.82) is 0 Å². The standard InChI is InChI=1S/C15H29N3O/c1-12-6-5-9-18(11-12)13(2)10-17-14(19)15(16)7-3-4-8-15/h12-13H,3-11,16H2,1-2H3,(H,17,19). The second kappa shape index (κ2) is 6.23. The Labute approximate surface area is 117 Å². The Kier molecular flexibility index (Phi) is 4.85. The molecule has 2 unspecified atom stereocenters. The molecule has 4 heteroatoms. The maximum Gasteiger partial charge on any atom is 0.240 e. The maximum absolute atomic E-state index is 12.2. The third-order valence-electron chi connectivity index (χ3n) is 4.82. The van der Waals surface area contributed by atoms with Crippen molar-refractivity contribution >= 4 is 5.91 Å². The van der Waals surface area contributed by atoms with Gasteiger partial charge < -0.3 is 11.1 Å². The highest BCUT2D eigenvalue weighted by molar-refractivity contribution is 5.86. The van der Waals surface area contributed by atoms with Gasteiger partial charge in [-0.3, -0.25) is 9.69 Å². The Morgan fingerprint density at radius 1 is 1.42 bits per heavy atom. The normalized spacial score (nSPS) is 29.1. The average molecular weight is 267 g/mol. The number of hydrogen-bond donors (Lipinski definition) is 2. The van der Waals surface area contributed by atoms with E-state index in [0.717, 1.165) is 51.2 Å². The van der Waals surface area contributed by atoms with E-state index in [4.69, 9.17) is 5.73 Å². The highest BCUT2D eigenvalue weighted by Crippen LogP contribution is 2.27. The number of nitrogens with two attached hydrogens (primary N) is 1. The zero-order chi connectivity index (χ0) is 13.9. The van der Waals surface area contributed by atoms with Crippen LogP contribution >= 0.6 is 0 Å². The molecule has 0 bridgehead atoms. The van der Waals surface area contributed by atoms with E-state index in [2.05, 4.69) is 24.1 Å². The van der Waals surface area contributed by atoms with E-state index >= 15 is 0 Å². The number of nitrogens with one attached hydrogen (secondary N) is 1. The topological polar surface area (TPSA) is 58.4 Å². The van der Waals surface area contributed by atoms with Crippen LogP contribution in [0.2, 0.25) is 0 Å². The minimum absolute atomic E-state index is 0.0573. The Bertz CT molecular complexity index is 313. The summed E-state index contributed by atoms with van der Waals surface area (Å²) in [5, 5.41) is 3.07. The van der Waals surface area contributed by atoms with Crippen LogP contribution in [0.15, 0.2) is 0 Å². The molecule has 0 aromatic carbocycles. The third-order valence-corrected chi connectivity index (χ3v) is 4.82. The van der Waals surface area contributed by atoms with Gasteiger partial charge in [-0.25, -0.2) is 0 Å². The van der Waals surface area contributed by atoms with E-state index in [1.807, 2.05) is 0 Å². The van der Waals surface area contributed by atoms with Crippen LogP contribution < -0.4 is 11.1 Å². The minimum atomic E-state index is -0.588. The van der Waals surface area contributed by atoms with Crippen LogP contribution in [0.1, 0.15) is 52.4 Å². The minimum Gasteiger partial charge on any atom is -0.353 e. The van der Waals surface area contributed by atoms with Crippen molar-refractivity contribution in [3.63, 3.8) is 0 Å². The Hall–Kier alpha value is -0.610. The molecule has 1 aliphatic heterocycles. The third kappa shape index (κ3) is 3.69. The first-order valence-electron chi connectivity index (χ1n) is 7.82. The number of piperidine rings is 1. The first-order valence-corrected chi connectivity index (χ1v) is 7.82. The van der Waals surface area contributed by atoms with Crippen molar-refractivity contribution in [2.24, 2.45) is 11.7 Å². The van der Waals surface area contributed by atoms with Gasteiger partial charge in [0.25, 0.3) is 0 Å². The lowest BCUT2D eigenvalue weighted by Crippen LogP contribution is -2.55. The first kappa shape index (κ1) is 14.8. The number of amides is 1. The number of hydrogen-bond acceptors (Lipinski definition) is 3. The summed E-state index contributed by atoms with van der Waals surface area (Å²) in [5.41, 5.74) is 5.58. The fraction of sp³-hybridized carbons (Fsp3) is 0.933. The van der Waals surface area contributed by atoms with Crippen LogP contribution in [0.25, 0.3) is 0 Å². The Balaban J connectivity index is 1.76. The second-order valence-electron chi connectivity index (χ2n) is 6.66. The fourth-order valence-corrected chi connectivity index (χ4v) is 3.40. The molecule has 1 saturated heterocycles. The molecule has 110 valence electrons. The summed E-state index contributed by atoms with van der Waals surface area (Å²) in [6.45, 7) is 7.56. The van der Waals surface area contributed by atoms with Gasteiger partial charge in [0.2, 0.25) is 5.91 Å². The van der Waals surface area contributed by atoms with Gasteiger partial charge in [-0.15, -0.1) is 0 Å². The predicted octanol–water partition coefficient (Wildman–Crippen LogP) is 1.49. The van der Waals surface area contributed by atoms with E-state index in [9.17, 15) is 4.79 Å². The summed E-state index contributed by atoms with van der Waals surface area (Å²) < 4.78 is 0. The highest BCUT2D eigenvalue weighted by atomic mass is 16.2. The molecule has 19 heavy (non-hydrogen) atoms. The molecule has 4 nitrogen and oxygen atoms in total. The largest absolute Gasteiger partial charge is 0.353 e. The van der Waals surface area contributed by atoms with Crippen molar-refractivity contribution in [3.05, 3.63) is 0 Å². The second-order valence-corrected chi connectivity index (χ2v) is 6.66. The molecule has 2 atom stereocenters. The fourth-order valence-electron chi connectivity index (χ4n) is 3.40. The van der Waals surface area contributed by atoms with Crippen LogP contribution in [0.5, 0.6) is 0 Å². The number of carbonyl (C=O) groups is 1. The van der Waals surface area contributed by atoms with Gasteiger partial charge in [0.15, 0.2) is 0 Å². The zero-order valence-electron chi connectivity index (χ0n) is 12.5. The summed E-state index contributed by atoms with van der Waals surface area (Å²) in [5.74, 6) is 0.837. The van der Waals surface area contributed by atoms with Crippen LogP contribution in [-0.2, 0) is 4.79 Å². The molecule has 0 spiro atoms. The molecule has 2 aliphatic rings. The quantitative estimate of drug-likeness (QED) is 0.811. The van der Waals surface area contributed by atoms with Crippen LogP contribution in [0.4, 0.5) is 0 Å². The summed E-state index contributed by atoms with van der Waals surface area (Å²) in [7, 11) is 0. The maximum atomic E-state index is 12.2. The smallest absolute Gasteiger partial charge is 0.240 e. The van der Waals surface area contributed by atoms with Gasteiger partial charge in [0.1, 0.15) is 0 Å². The van der Waals surface area contributed by atoms with Gasteiger partial charge >= 0.3 is 0 Å². The van der Waals surface area contributed by atoms with Crippen molar-refractivity contribution < 1.29 is 4.79 Å². The lowest BCUT2D eigenvalue weighted by Gasteiger charge is -2.36. The number of likely N-dealkylation sites (tertiary alicyclic amines) is 1. The van der Waals surface area contributed by atoms with Crippen molar-refractivity contribution in [2.75, 3.05) is 19.6 Å². The van der Waals surface area contributed by atoms with E-state index < -0.39 is 5.54 Å². The molecular weight excluding hydrogens is 238 g/mol. The number of rotatable bonds is 4. The van der Waals surface area contributed by atoms with Gasteiger partial charge in [0, 0.05) is 19.1 Å². The van der Waals surface area contributed by atoms with Gasteiger partial charge in [0.05, 0.1) is 5.54 Å². The molecule has 3 N–H and O–H groups in total. The van der Waals surface area contributed by atoms with E-state index in [-0.39, 0.29) is 5.91 Å². The summed E-state index contributed by atoms with van der Waals surface area (Å²) in [6, 6.07) is 0.414. The molecule has 1 amide bonds. The Morgan fingerprint density at radius 3 is 2.74 bits per heavy atom. The van der Waals surface area contributed by atoms with Gasteiger partial charge in [-0.05, 0) is 45.1 Å². The highest BCUT2D eigenvalue weighted by Gasteiger charge is 2.37. The molecule has 0 aromatic rings. The zero-order valence-corrected chi connectivity index (χ0v) is 12.5. The van der Waals surface area contributed by atoms with Gasteiger partial charge in [-0.2, -0.15) is 0 Å². The van der Waals surface area contributed by atoms with Crippen LogP contribution in [0.3, 0.4) is 0 Å². The van der Waals surface area contributed by atoms with Crippen molar-refractivity contribution in [1.82, 2.24) is 10.2 Å². The first-order chi connectivity index (χ1) is 9.01. The molecule has 2 fully saturated rings. The number of nitrogens with zero attached hydrogens (tertiary/aromatic N) is 1. The lowest BCUT2D eigenvalue weighted by molar-refractivity contribution is -0.126. The van der Waals surface area contributed by atoms with Gasteiger partial charge in [-0.1, -0.05) is 19.8 Å². The molecular formula is C15H29N3O. The van der Waals surface area contributed by atoms with Crippen LogP contribution in [0, 0.1) is 5.92 Å². The average Bonchev–Trinajstić information content (AvgIpc) is 2.84. The molecule has 1 saturated carbocycles. The summed E-state index contributed by atoms with van der Waals surface area (Å²) >= 11 is 0. The molecule has 2 rings (SSSR count). The Morgan fingerprint density at radius 2 is 2.11 bits per heavy atom. The monoisotopic (exact) mass is 267 g/mol. The van der Waals surface area contributed by atoms with Crippen molar-refractivity contribution in [2.45, 2.75) is 64.0 Å². The van der Waals surface area contributed by atoms with E-state index in [1.165, 1.54) is 12.8 Å². The lowest BCUT2D eigenvalue weighted by atomic mass is 9.97. The summed E-state index contributed by atoms with van der Waals surface area (Å²) in [4.78, 5) is 14.7. The summed E-state index contributed by atoms with van der Waals surface area (Å²) in [6.07, 6.45) is 6.47. The predicted molar refractivity (Wildman–Crippen MR) is 77.8 cm³/mol. The SMILES string of the molecule is CC1CCCN(C(C)CNC(=O)C2(N)CCCC2)C1. The van der Waals surface area contributed by atoms with Crippen LogP contribution in [-0.4, -0.2) is 42.0 Å². The van der Waals surface area contributed by atoms with Crippen molar-refractivity contribution in [3.8, 4) is 0 Å². The molecule has 1 aliphatic carbocycles. The molecule has 0 aromatic heterocycles. The van der Waals surface area contributed by atoms with E-state index in [1.54, 1.807) is 0 Å². The number of carbonyl (C=O) groups excluding carboxylic acids is 1.